The zero-order valence-corrected chi connectivity index (χ0v) is 32.0. The first kappa shape index (κ1) is 40.7. The van der Waals surface area contributed by atoms with Crippen molar-refractivity contribution in [2.45, 2.75) is 126 Å². The summed E-state index contributed by atoms with van der Waals surface area (Å²) < 4.78 is 0. The van der Waals surface area contributed by atoms with Crippen molar-refractivity contribution in [2.24, 2.45) is 33.5 Å². The second-order valence-corrected chi connectivity index (χ2v) is 17.9. The summed E-state index contributed by atoms with van der Waals surface area (Å²) in [6.07, 6.45) is 2.69. The highest BCUT2D eigenvalue weighted by molar-refractivity contribution is 6.38. The molecule has 1 saturated carbocycles. The molecule has 7 amide bonds. The van der Waals surface area contributed by atoms with Crippen LogP contribution in [0.15, 0.2) is 12.7 Å². The molecule has 0 spiro atoms. The maximum Gasteiger partial charge on any atom is 0.315 e. The molecule has 3 fully saturated rings. The second-order valence-electron chi connectivity index (χ2n) is 17.9. The van der Waals surface area contributed by atoms with Crippen molar-refractivity contribution >= 4 is 41.4 Å². The van der Waals surface area contributed by atoms with E-state index in [0.29, 0.717) is 13.0 Å². The maximum atomic E-state index is 14.4. The largest absolute Gasteiger partial charge is 0.346 e. The molecule has 2 aliphatic heterocycles. The number of urea groups is 1. The third-order valence-electron chi connectivity index (χ3n) is 10.6. The quantitative estimate of drug-likeness (QED) is 0.130. The van der Waals surface area contributed by atoms with Crippen LogP contribution in [-0.2, 0) is 28.8 Å². The van der Waals surface area contributed by atoms with Gasteiger partial charge < -0.3 is 26.2 Å². The minimum absolute atomic E-state index is 0.00509. The van der Waals surface area contributed by atoms with Crippen molar-refractivity contribution in [3.05, 3.63) is 12.7 Å². The summed E-state index contributed by atoms with van der Waals surface area (Å²) in [6, 6.07) is -4.27. The van der Waals surface area contributed by atoms with Gasteiger partial charge in [-0.25, -0.2) is 4.79 Å². The Balaban J connectivity index is 1.82. The first-order valence-electron chi connectivity index (χ1n) is 17.8. The summed E-state index contributed by atoms with van der Waals surface area (Å²) in [5.41, 5.74) is -1.97. The van der Waals surface area contributed by atoms with E-state index >= 15 is 0 Å². The lowest BCUT2D eigenvalue weighted by Gasteiger charge is -2.40. The van der Waals surface area contributed by atoms with Crippen LogP contribution in [0.25, 0.3) is 0 Å². The van der Waals surface area contributed by atoms with Crippen molar-refractivity contribution in [1.82, 2.24) is 31.1 Å². The zero-order chi connectivity index (χ0) is 38.1. The molecule has 0 aromatic heterocycles. The number of Topliss-reactive ketones (excluding diaryl/α,β-unsaturated/α-hetero) is 1. The zero-order valence-electron chi connectivity index (χ0n) is 32.0. The Morgan fingerprint density at radius 2 is 1.50 bits per heavy atom. The normalized spacial score (nSPS) is 24.3. The van der Waals surface area contributed by atoms with Gasteiger partial charge in [0.25, 0.3) is 5.91 Å². The smallest absolute Gasteiger partial charge is 0.315 e. The van der Waals surface area contributed by atoms with Crippen molar-refractivity contribution < 1.29 is 33.6 Å². The molecule has 2 saturated heterocycles. The van der Waals surface area contributed by atoms with E-state index in [1.165, 1.54) is 15.9 Å². The summed E-state index contributed by atoms with van der Waals surface area (Å²) in [5.74, 6) is -3.22. The summed E-state index contributed by atoms with van der Waals surface area (Å²) in [6.45, 7) is 24.8. The Morgan fingerprint density at radius 3 is 2.00 bits per heavy atom. The van der Waals surface area contributed by atoms with E-state index in [0.717, 1.165) is 0 Å². The molecule has 50 heavy (non-hydrogen) atoms. The number of fused-ring (bicyclic) bond motifs is 1. The number of nitrogens with zero attached hydrogens (tertiary/aromatic N) is 2. The average Bonchev–Trinajstić information content (AvgIpc) is 3.29. The van der Waals surface area contributed by atoms with E-state index < -0.39 is 69.9 Å². The number of carbonyl (C=O) groups excluding carboxylic acids is 7. The van der Waals surface area contributed by atoms with Gasteiger partial charge in [0.1, 0.15) is 12.1 Å². The van der Waals surface area contributed by atoms with Crippen LogP contribution in [0.1, 0.15) is 102 Å². The van der Waals surface area contributed by atoms with Crippen molar-refractivity contribution in [2.75, 3.05) is 19.6 Å². The van der Waals surface area contributed by atoms with E-state index in [-0.39, 0.29) is 61.4 Å². The molecule has 0 aromatic rings. The molecular formula is C37H60N6O7. The number of hydrogen-bond acceptors (Lipinski definition) is 7. The molecule has 0 radical (unpaired) electrons. The number of imide groups is 1. The van der Waals surface area contributed by atoms with Gasteiger partial charge >= 0.3 is 6.03 Å². The van der Waals surface area contributed by atoms with E-state index in [1.54, 1.807) is 0 Å². The minimum Gasteiger partial charge on any atom is -0.346 e. The van der Waals surface area contributed by atoms with Crippen molar-refractivity contribution in [1.29, 1.82) is 0 Å². The van der Waals surface area contributed by atoms with Crippen LogP contribution < -0.4 is 21.3 Å². The van der Waals surface area contributed by atoms with Crippen LogP contribution in [0.2, 0.25) is 0 Å². The summed E-state index contributed by atoms with van der Waals surface area (Å²) in [4.78, 5) is 96.1. The first-order valence-corrected chi connectivity index (χ1v) is 17.8. The van der Waals surface area contributed by atoms with Gasteiger partial charge in [0.15, 0.2) is 0 Å². The summed E-state index contributed by atoms with van der Waals surface area (Å²) >= 11 is 0. The standard InChI is InChI=1S/C37H60N6O7/c1-13-15-22(28(46)31(48)38-16-14-2)39-30(47)27-26-21(37(26,11)12)19-43(27)32(49)29(35(6,7)8)41-33(50)40-23(34(3,4)5)20-42-24(44)17-36(9,10)18-25(42)45/h14,21-23,26-27,29H,2,13,15-20H2,1,3-12H3,(H,38,48)(H,39,47)(H2,40,41,50)/t21-,22?,23-,26-,27-,29+/m0/s1. The second kappa shape index (κ2) is 14.8. The van der Waals surface area contributed by atoms with Crippen LogP contribution in [-0.4, -0.2) is 95.0 Å². The molecule has 280 valence electrons. The van der Waals surface area contributed by atoms with Crippen LogP contribution in [0.3, 0.4) is 0 Å². The van der Waals surface area contributed by atoms with Gasteiger partial charge in [0, 0.05) is 32.5 Å². The van der Waals surface area contributed by atoms with E-state index in [1.807, 2.05) is 76.2 Å². The highest BCUT2D eigenvalue weighted by atomic mass is 16.2. The van der Waals surface area contributed by atoms with Gasteiger partial charge in [-0.05, 0) is 39.9 Å². The van der Waals surface area contributed by atoms with Crippen LogP contribution >= 0.6 is 0 Å². The molecular weight excluding hydrogens is 640 g/mol. The minimum atomic E-state index is -1.06. The number of piperidine rings is 2. The average molecular weight is 701 g/mol. The molecule has 0 bridgehead atoms. The fourth-order valence-electron chi connectivity index (χ4n) is 7.32. The molecule has 13 nitrogen and oxygen atoms in total. The molecule has 1 unspecified atom stereocenters. The summed E-state index contributed by atoms with van der Waals surface area (Å²) in [5, 5.41) is 11.0. The van der Waals surface area contributed by atoms with E-state index in [2.05, 4.69) is 27.8 Å². The van der Waals surface area contributed by atoms with Gasteiger partial charge in [-0.2, -0.15) is 0 Å². The van der Waals surface area contributed by atoms with Gasteiger partial charge in [-0.3, -0.25) is 33.7 Å². The Labute approximate surface area is 297 Å². The molecule has 2 heterocycles. The van der Waals surface area contributed by atoms with Gasteiger partial charge in [-0.15, -0.1) is 6.58 Å². The molecule has 3 rings (SSSR count). The maximum absolute atomic E-state index is 14.4. The topological polar surface area (TPSA) is 174 Å². The fourth-order valence-corrected chi connectivity index (χ4v) is 7.32. The van der Waals surface area contributed by atoms with Crippen molar-refractivity contribution in [3.63, 3.8) is 0 Å². The monoisotopic (exact) mass is 700 g/mol. The number of hydrogen-bond donors (Lipinski definition) is 4. The first-order chi connectivity index (χ1) is 22.9. The van der Waals surface area contributed by atoms with E-state index in [4.69, 9.17) is 0 Å². The van der Waals surface area contributed by atoms with E-state index in [9.17, 15) is 33.6 Å². The predicted octanol–water partition coefficient (Wildman–Crippen LogP) is 2.93. The number of nitrogens with one attached hydrogen (secondary N) is 4. The predicted molar refractivity (Wildman–Crippen MR) is 189 cm³/mol. The van der Waals surface area contributed by atoms with Gasteiger partial charge in [0.2, 0.25) is 29.4 Å². The Hall–Kier alpha value is -3.77. The summed E-state index contributed by atoms with van der Waals surface area (Å²) in [7, 11) is 0. The van der Waals surface area contributed by atoms with Gasteiger partial charge in [0.05, 0.1) is 12.1 Å². The highest BCUT2D eigenvalue weighted by Crippen LogP contribution is 2.65. The number of rotatable bonds is 13. The third kappa shape index (κ3) is 9.11. The molecule has 13 heteroatoms. The molecule has 3 aliphatic rings. The Bertz CT molecular complexity index is 1370. The third-order valence-corrected chi connectivity index (χ3v) is 10.6. The number of amides is 7. The Morgan fingerprint density at radius 1 is 0.920 bits per heavy atom. The fraction of sp³-hybridized carbons (Fsp3) is 0.757. The number of ketones is 1. The van der Waals surface area contributed by atoms with Crippen LogP contribution in [0, 0.1) is 33.5 Å². The lowest BCUT2D eigenvalue weighted by atomic mass is 9.80. The lowest BCUT2D eigenvalue weighted by molar-refractivity contribution is -0.153. The lowest BCUT2D eigenvalue weighted by Crippen LogP contribution is -2.63. The number of likely N-dealkylation sites (tertiary alicyclic amines) is 2. The molecule has 1 aliphatic carbocycles. The molecule has 6 atom stereocenters. The van der Waals surface area contributed by atoms with Gasteiger partial charge in [-0.1, -0.05) is 88.7 Å². The number of carbonyl (C=O) groups is 7. The van der Waals surface area contributed by atoms with Crippen molar-refractivity contribution in [3.8, 4) is 0 Å². The van der Waals surface area contributed by atoms with Crippen LogP contribution in [0.4, 0.5) is 4.79 Å². The Kier molecular flexibility index (Phi) is 12.1. The highest BCUT2D eigenvalue weighted by Gasteiger charge is 2.70. The molecule has 4 N–H and O–H groups in total. The van der Waals surface area contributed by atoms with Crippen LogP contribution in [0.5, 0.6) is 0 Å². The molecule has 0 aromatic carbocycles. The SMILES string of the molecule is C=CCNC(=O)C(=O)C(CCC)NC(=O)[C@@H]1[C@@H]2[C@H](CN1C(=O)[C@@H](NC(=O)N[C@@H](CN1C(=O)CC(C)(C)CC1=O)C(C)(C)C)C(C)(C)C)C2(C)C.